The molecule has 0 saturated carbocycles. The van der Waals surface area contributed by atoms with Crippen LogP contribution in [0.4, 0.5) is 11.8 Å². The number of nitrogens with zero attached hydrogens (tertiary/aromatic N) is 3. The topological polar surface area (TPSA) is 76.3 Å². The van der Waals surface area contributed by atoms with Crippen LogP contribution in [-0.4, -0.2) is 47.7 Å². The Balaban J connectivity index is 2.70. The average molecular weight is 267 g/mol. The molecular formula is C13H25N5O. The number of nitrogens with two attached hydrogens (primary N) is 1. The molecule has 0 amide bonds. The van der Waals surface area contributed by atoms with Crippen LogP contribution in [0.25, 0.3) is 0 Å². The summed E-state index contributed by atoms with van der Waals surface area (Å²) in [5.74, 6) is 1.42. The molecule has 19 heavy (non-hydrogen) atoms. The smallest absolute Gasteiger partial charge is 0.225 e. The molecule has 0 spiro atoms. The minimum atomic E-state index is -0.0727. The van der Waals surface area contributed by atoms with Crippen LogP contribution in [-0.2, 0) is 0 Å². The second kappa shape index (κ2) is 6.56. The van der Waals surface area contributed by atoms with Crippen LogP contribution in [0.3, 0.4) is 0 Å². The number of hydrogen-bond donors (Lipinski definition) is 2. The van der Waals surface area contributed by atoms with E-state index >= 15 is 0 Å². The Morgan fingerprint density at radius 2 is 2.05 bits per heavy atom. The van der Waals surface area contributed by atoms with Crippen molar-refractivity contribution in [2.45, 2.75) is 32.7 Å². The van der Waals surface area contributed by atoms with Crippen molar-refractivity contribution in [3.63, 3.8) is 0 Å². The molecule has 0 radical (unpaired) electrons. The van der Waals surface area contributed by atoms with Gasteiger partial charge in [-0.05, 0) is 34.4 Å². The Kier molecular flexibility index (Phi) is 5.35. The van der Waals surface area contributed by atoms with Gasteiger partial charge in [0.15, 0.2) is 0 Å². The molecule has 0 aromatic carbocycles. The second-order valence-corrected chi connectivity index (χ2v) is 5.37. The number of ether oxygens (including phenoxy) is 1. The molecular weight excluding hydrogens is 242 g/mol. The van der Waals surface area contributed by atoms with E-state index in [1.807, 2.05) is 14.1 Å². The zero-order valence-corrected chi connectivity index (χ0v) is 12.5. The van der Waals surface area contributed by atoms with E-state index in [-0.39, 0.29) is 11.5 Å². The van der Waals surface area contributed by atoms with Gasteiger partial charge in [0.05, 0.1) is 0 Å². The normalized spacial score (nSPS) is 11.7. The molecule has 3 N–H and O–H groups in total. The van der Waals surface area contributed by atoms with Gasteiger partial charge in [0.1, 0.15) is 12.4 Å². The molecule has 6 nitrogen and oxygen atoms in total. The highest BCUT2D eigenvalue weighted by molar-refractivity contribution is 5.42. The van der Waals surface area contributed by atoms with Gasteiger partial charge < -0.3 is 20.7 Å². The zero-order valence-electron chi connectivity index (χ0n) is 12.5. The maximum atomic E-state index is 5.72. The molecule has 0 aliphatic rings. The molecule has 1 aromatic heterocycles. The Bertz CT molecular complexity index is 406. The molecule has 0 saturated heterocycles. The zero-order chi connectivity index (χ0) is 14.5. The Hall–Kier alpha value is -1.56. The van der Waals surface area contributed by atoms with E-state index in [0.717, 1.165) is 13.0 Å². The van der Waals surface area contributed by atoms with Crippen molar-refractivity contribution in [3.8, 4) is 5.88 Å². The third-order valence-corrected chi connectivity index (χ3v) is 3.06. The Labute approximate surface area is 115 Å². The summed E-state index contributed by atoms with van der Waals surface area (Å²) in [6.07, 6.45) is 1.02. The summed E-state index contributed by atoms with van der Waals surface area (Å²) in [4.78, 5) is 10.3. The van der Waals surface area contributed by atoms with Gasteiger partial charge >= 0.3 is 0 Å². The average Bonchev–Trinajstić information content (AvgIpc) is 2.33. The molecule has 1 rings (SSSR count). The van der Waals surface area contributed by atoms with Gasteiger partial charge in [-0.15, -0.1) is 0 Å². The van der Waals surface area contributed by atoms with Crippen molar-refractivity contribution in [1.29, 1.82) is 0 Å². The van der Waals surface area contributed by atoms with Crippen LogP contribution >= 0.6 is 0 Å². The largest absolute Gasteiger partial charge is 0.476 e. The molecule has 1 aromatic rings. The number of aromatic nitrogens is 2. The number of nitrogens with one attached hydrogen (secondary N) is 1. The van der Waals surface area contributed by atoms with Crippen LogP contribution in [0.15, 0.2) is 6.07 Å². The fraction of sp³-hybridized carbons (Fsp3) is 0.692. The Morgan fingerprint density at radius 3 is 2.63 bits per heavy atom. The van der Waals surface area contributed by atoms with Crippen molar-refractivity contribution in [2.24, 2.45) is 0 Å². The van der Waals surface area contributed by atoms with E-state index in [1.54, 1.807) is 6.07 Å². The molecule has 0 aliphatic heterocycles. The van der Waals surface area contributed by atoms with Crippen molar-refractivity contribution < 1.29 is 4.74 Å². The van der Waals surface area contributed by atoms with Gasteiger partial charge in [-0.3, -0.25) is 0 Å². The van der Waals surface area contributed by atoms with E-state index in [2.05, 4.69) is 41.0 Å². The minimum absolute atomic E-state index is 0.0727. The quantitative estimate of drug-likeness (QED) is 0.781. The lowest BCUT2D eigenvalue weighted by Crippen LogP contribution is -2.43. The van der Waals surface area contributed by atoms with Crippen molar-refractivity contribution in [1.82, 2.24) is 14.9 Å². The highest BCUT2D eigenvalue weighted by atomic mass is 16.5. The number of hydrogen-bond acceptors (Lipinski definition) is 6. The number of anilines is 2. The van der Waals surface area contributed by atoms with Crippen LogP contribution in [0.5, 0.6) is 5.88 Å². The fourth-order valence-electron chi connectivity index (χ4n) is 1.24. The third kappa shape index (κ3) is 4.90. The lowest BCUT2D eigenvalue weighted by molar-refractivity contribution is 0.111. The van der Waals surface area contributed by atoms with E-state index in [4.69, 9.17) is 10.5 Å². The molecule has 1 heterocycles. The minimum Gasteiger partial charge on any atom is -0.476 e. The molecule has 0 unspecified atom stereocenters. The highest BCUT2D eigenvalue weighted by Gasteiger charge is 2.21. The first-order valence-electron chi connectivity index (χ1n) is 6.54. The predicted octanol–water partition coefficient (Wildman–Crippen LogP) is 1.60. The van der Waals surface area contributed by atoms with Gasteiger partial charge in [0, 0.05) is 18.2 Å². The van der Waals surface area contributed by atoms with Crippen molar-refractivity contribution >= 4 is 11.8 Å². The molecule has 0 bridgehead atoms. The van der Waals surface area contributed by atoms with Crippen LogP contribution in [0.1, 0.15) is 27.2 Å². The summed E-state index contributed by atoms with van der Waals surface area (Å²) in [6, 6.07) is 1.78. The summed E-state index contributed by atoms with van der Waals surface area (Å²) in [5.41, 5.74) is 5.60. The lowest BCUT2D eigenvalue weighted by atomic mass is 10.1. The van der Waals surface area contributed by atoms with Gasteiger partial charge in [-0.2, -0.15) is 9.97 Å². The SMILES string of the molecule is CCCNc1cc(OCC(C)(C)N(C)C)nc(N)n1. The summed E-state index contributed by atoms with van der Waals surface area (Å²) in [7, 11) is 4.04. The maximum absolute atomic E-state index is 5.72. The first-order valence-corrected chi connectivity index (χ1v) is 6.54. The van der Waals surface area contributed by atoms with Crippen molar-refractivity contribution in [2.75, 3.05) is 38.3 Å². The summed E-state index contributed by atoms with van der Waals surface area (Å²) < 4.78 is 5.72. The van der Waals surface area contributed by atoms with E-state index in [0.29, 0.717) is 18.3 Å². The number of rotatable bonds is 7. The van der Waals surface area contributed by atoms with E-state index in [1.165, 1.54) is 0 Å². The summed E-state index contributed by atoms with van der Waals surface area (Å²) in [6.45, 7) is 7.68. The lowest BCUT2D eigenvalue weighted by Gasteiger charge is -2.31. The maximum Gasteiger partial charge on any atom is 0.225 e. The second-order valence-electron chi connectivity index (χ2n) is 5.37. The first kappa shape index (κ1) is 15.5. The van der Waals surface area contributed by atoms with Crippen LogP contribution in [0.2, 0.25) is 0 Å². The van der Waals surface area contributed by atoms with Crippen LogP contribution in [0, 0.1) is 0 Å². The number of nitrogen functional groups attached to an aromatic ring is 1. The van der Waals surface area contributed by atoms with Gasteiger partial charge in [0.25, 0.3) is 0 Å². The van der Waals surface area contributed by atoms with Crippen molar-refractivity contribution in [3.05, 3.63) is 6.07 Å². The van der Waals surface area contributed by atoms with Crippen LogP contribution < -0.4 is 15.8 Å². The molecule has 0 atom stereocenters. The molecule has 0 fully saturated rings. The molecule has 6 heteroatoms. The fourth-order valence-corrected chi connectivity index (χ4v) is 1.24. The molecule has 108 valence electrons. The summed E-state index contributed by atoms with van der Waals surface area (Å²) >= 11 is 0. The monoisotopic (exact) mass is 267 g/mol. The highest BCUT2D eigenvalue weighted by Crippen LogP contribution is 2.17. The third-order valence-electron chi connectivity index (χ3n) is 3.06. The summed E-state index contributed by atoms with van der Waals surface area (Å²) in [5, 5.41) is 3.17. The Morgan fingerprint density at radius 1 is 1.37 bits per heavy atom. The molecule has 0 aliphatic carbocycles. The van der Waals surface area contributed by atoms with Gasteiger partial charge in [-0.1, -0.05) is 6.92 Å². The van der Waals surface area contributed by atoms with Gasteiger partial charge in [-0.25, -0.2) is 0 Å². The predicted molar refractivity (Wildman–Crippen MR) is 78.5 cm³/mol. The standard InChI is InChI=1S/C13H25N5O/c1-6-7-15-10-8-11(17-12(14)16-10)19-9-13(2,3)18(4)5/h8H,6-7,9H2,1-5H3,(H3,14,15,16,17). The van der Waals surface area contributed by atoms with E-state index < -0.39 is 0 Å². The first-order chi connectivity index (χ1) is 8.85. The number of likely N-dealkylation sites (N-methyl/N-ethyl adjacent to an activating group) is 1. The van der Waals surface area contributed by atoms with E-state index in [9.17, 15) is 0 Å². The van der Waals surface area contributed by atoms with Gasteiger partial charge in [0.2, 0.25) is 11.8 Å².